The first-order chi connectivity index (χ1) is 15.5. The number of anilines is 1. The number of carbonyl (C=O) groups excluding carboxylic acids is 1. The molecule has 0 radical (unpaired) electrons. The quantitative estimate of drug-likeness (QED) is 0.399. The number of methoxy groups -OCH3 is 2. The van der Waals surface area contributed by atoms with Crippen molar-refractivity contribution in [2.24, 2.45) is 0 Å². The van der Waals surface area contributed by atoms with E-state index in [-0.39, 0.29) is 12.5 Å². The highest BCUT2D eigenvalue weighted by Crippen LogP contribution is 2.31. The largest absolute Gasteiger partial charge is 0.493 e. The van der Waals surface area contributed by atoms with Gasteiger partial charge in [0.05, 0.1) is 25.9 Å². The maximum absolute atomic E-state index is 12.2. The minimum Gasteiger partial charge on any atom is -0.493 e. The summed E-state index contributed by atoms with van der Waals surface area (Å²) < 4.78 is 16.2. The Hall–Kier alpha value is -4.24. The fraction of sp³-hybridized carbons (Fsp3) is 0.154. The second kappa shape index (κ2) is 10.7. The highest BCUT2D eigenvalue weighted by atomic mass is 16.5. The minimum absolute atomic E-state index is 0.123. The van der Waals surface area contributed by atoms with E-state index in [9.17, 15) is 10.1 Å². The molecule has 162 valence electrons. The number of benzene rings is 3. The molecule has 6 nitrogen and oxygen atoms in total. The number of amides is 1. The van der Waals surface area contributed by atoms with Gasteiger partial charge in [-0.2, -0.15) is 5.26 Å². The zero-order chi connectivity index (χ0) is 22.9. The molecule has 3 aromatic rings. The second-order valence-electron chi connectivity index (χ2n) is 7.02. The molecule has 1 N–H and O–H groups in total. The van der Waals surface area contributed by atoms with Crippen molar-refractivity contribution < 1.29 is 19.0 Å². The Morgan fingerprint density at radius 2 is 1.78 bits per heavy atom. The Balaban J connectivity index is 1.71. The van der Waals surface area contributed by atoms with E-state index in [1.807, 2.05) is 43.3 Å². The van der Waals surface area contributed by atoms with Crippen LogP contribution >= 0.6 is 0 Å². The fourth-order valence-electron chi connectivity index (χ4n) is 3.11. The van der Waals surface area contributed by atoms with Crippen LogP contribution in [0.25, 0.3) is 11.6 Å². The SMILES string of the molecule is COc1ccc(/C(C#N)=C/c2cccc(OCC(=O)Nc3cccc(C)c3)c2)cc1OC. The lowest BCUT2D eigenvalue weighted by atomic mass is 10.0. The molecule has 0 saturated heterocycles. The average molecular weight is 428 g/mol. The predicted molar refractivity (Wildman–Crippen MR) is 125 cm³/mol. The predicted octanol–water partition coefficient (Wildman–Crippen LogP) is 5.09. The Labute approximate surface area is 187 Å². The third-order valence-corrected chi connectivity index (χ3v) is 4.66. The lowest BCUT2D eigenvalue weighted by molar-refractivity contribution is -0.118. The molecular weight excluding hydrogens is 404 g/mol. The molecule has 3 aromatic carbocycles. The molecule has 0 unspecified atom stereocenters. The van der Waals surface area contributed by atoms with E-state index in [4.69, 9.17) is 14.2 Å². The molecule has 1 amide bonds. The van der Waals surface area contributed by atoms with Crippen LogP contribution in [0.4, 0.5) is 5.69 Å². The number of nitriles is 1. The molecule has 0 bridgehead atoms. The standard InChI is InChI=1S/C26H24N2O4/c1-18-6-4-8-22(12-18)28-26(29)17-32-23-9-5-7-19(14-23)13-21(16-27)20-10-11-24(30-2)25(15-20)31-3/h4-15H,17H2,1-3H3,(H,28,29)/b21-13+. The van der Waals surface area contributed by atoms with Gasteiger partial charge in [0, 0.05) is 5.69 Å². The summed E-state index contributed by atoms with van der Waals surface area (Å²) in [4.78, 5) is 12.2. The second-order valence-corrected chi connectivity index (χ2v) is 7.02. The molecule has 32 heavy (non-hydrogen) atoms. The van der Waals surface area contributed by atoms with E-state index in [0.29, 0.717) is 28.4 Å². The number of ether oxygens (including phenoxy) is 3. The van der Waals surface area contributed by atoms with Crippen molar-refractivity contribution in [3.8, 4) is 23.3 Å². The smallest absolute Gasteiger partial charge is 0.262 e. The van der Waals surface area contributed by atoms with Gasteiger partial charge in [-0.3, -0.25) is 4.79 Å². The maximum Gasteiger partial charge on any atom is 0.262 e. The number of rotatable bonds is 8. The first-order valence-electron chi connectivity index (χ1n) is 9.96. The van der Waals surface area contributed by atoms with Crippen LogP contribution in [-0.2, 0) is 4.79 Å². The average Bonchev–Trinajstić information content (AvgIpc) is 2.81. The highest BCUT2D eigenvalue weighted by Gasteiger charge is 2.09. The van der Waals surface area contributed by atoms with E-state index >= 15 is 0 Å². The van der Waals surface area contributed by atoms with E-state index in [2.05, 4.69) is 11.4 Å². The van der Waals surface area contributed by atoms with Gasteiger partial charge in [-0.25, -0.2) is 0 Å². The molecule has 3 rings (SSSR count). The van der Waals surface area contributed by atoms with Gasteiger partial charge in [-0.15, -0.1) is 0 Å². The Bertz CT molecular complexity index is 1180. The first-order valence-corrected chi connectivity index (χ1v) is 9.96. The summed E-state index contributed by atoms with van der Waals surface area (Å²) in [6.07, 6.45) is 1.75. The van der Waals surface area contributed by atoms with Crippen LogP contribution in [-0.4, -0.2) is 26.7 Å². The first kappa shape index (κ1) is 22.4. The number of carbonyl (C=O) groups is 1. The van der Waals surface area contributed by atoms with Crippen molar-refractivity contribution in [2.75, 3.05) is 26.1 Å². The molecule has 0 atom stereocenters. The molecule has 0 fully saturated rings. The summed E-state index contributed by atoms with van der Waals surface area (Å²) in [7, 11) is 3.11. The van der Waals surface area contributed by atoms with Crippen LogP contribution in [0.1, 0.15) is 16.7 Å². The van der Waals surface area contributed by atoms with Gasteiger partial charge in [0.1, 0.15) is 5.75 Å². The Morgan fingerprint density at radius 3 is 2.50 bits per heavy atom. The number of aryl methyl sites for hydroxylation is 1. The van der Waals surface area contributed by atoms with E-state index in [1.54, 1.807) is 50.6 Å². The molecular formula is C26H24N2O4. The summed E-state index contributed by atoms with van der Waals surface area (Å²) in [5.74, 6) is 1.41. The lowest BCUT2D eigenvalue weighted by Crippen LogP contribution is -2.20. The van der Waals surface area contributed by atoms with Crippen molar-refractivity contribution >= 4 is 23.2 Å². The normalized spacial score (nSPS) is 10.8. The topological polar surface area (TPSA) is 80.6 Å². The van der Waals surface area contributed by atoms with E-state index in [0.717, 1.165) is 16.8 Å². The number of allylic oxidation sites excluding steroid dienone is 1. The molecule has 0 heterocycles. The van der Waals surface area contributed by atoms with Gasteiger partial charge in [0.25, 0.3) is 5.91 Å². The van der Waals surface area contributed by atoms with Crippen molar-refractivity contribution in [1.82, 2.24) is 0 Å². The van der Waals surface area contributed by atoms with Gasteiger partial charge < -0.3 is 19.5 Å². The molecule has 0 spiro atoms. The molecule has 6 heteroatoms. The van der Waals surface area contributed by atoms with Crippen molar-refractivity contribution in [3.63, 3.8) is 0 Å². The van der Waals surface area contributed by atoms with Crippen LogP contribution in [0.15, 0.2) is 66.7 Å². The zero-order valence-electron chi connectivity index (χ0n) is 18.2. The van der Waals surface area contributed by atoms with Gasteiger partial charge in [-0.05, 0) is 72.2 Å². The number of nitrogens with zero attached hydrogens (tertiary/aromatic N) is 1. The summed E-state index contributed by atoms with van der Waals surface area (Å²) >= 11 is 0. The highest BCUT2D eigenvalue weighted by molar-refractivity contribution is 5.92. The van der Waals surface area contributed by atoms with Crippen LogP contribution in [0.2, 0.25) is 0 Å². The number of hydrogen-bond acceptors (Lipinski definition) is 5. The molecule has 0 aliphatic heterocycles. The fourth-order valence-corrected chi connectivity index (χ4v) is 3.11. The summed E-state index contributed by atoms with van der Waals surface area (Å²) in [6, 6.07) is 22.3. The van der Waals surface area contributed by atoms with E-state index < -0.39 is 0 Å². The third kappa shape index (κ3) is 5.89. The van der Waals surface area contributed by atoms with Crippen molar-refractivity contribution in [3.05, 3.63) is 83.4 Å². The molecule has 0 aliphatic carbocycles. The van der Waals surface area contributed by atoms with Gasteiger partial charge in [0.2, 0.25) is 0 Å². The summed E-state index contributed by atoms with van der Waals surface area (Å²) in [5, 5.41) is 12.5. The molecule has 0 aromatic heterocycles. The number of hydrogen-bond donors (Lipinski definition) is 1. The van der Waals surface area contributed by atoms with Gasteiger partial charge in [0.15, 0.2) is 18.1 Å². The van der Waals surface area contributed by atoms with Gasteiger partial charge in [-0.1, -0.05) is 24.3 Å². The van der Waals surface area contributed by atoms with Gasteiger partial charge >= 0.3 is 0 Å². The number of nitrogens with one attached hydrogen (secondary N) is 1. The monoisotopic (exact) mass is 428 g/mol. The van der Waals surface area contributed by atoms with Crippen LogP contribution in [0, 0.1) is 18.3 Å². The Morgan fingerprint density at radius 1 is 1.00 bits per heavy atom. The van der Waals surface area contributed by atoms with Crippen molar-refractivity contribution in [1.29, 1.82) is 5.26 Å². The van der Waals surface area contributed by atoms with Crippen molar-refractivity contribution in [2.45, 2.75) is 6.92 Å². The molecule has 0 saturated carbocycles. The zero-order valence-corrected chi connectivity index (χ0v) is 18.2. The van der Waals surface area contributed by atoms with Crippen LogP contribution in [0.5, 0.6) is 17.2 Å². The van der Waals surface area contributed by atoms with Crippen LogP contribution in [0.3, 0.4) is 0 Å². The summed E-state index contributed by atoms with van der Waals surface area (Å²) in [5.41, 5.74) is 3.72. The lowest BCUT2D eigenvalue weighted by Gasteiger charge is -2.10. The van der Waals surface area contributed by atoms with Crippen LogP contribution < -0.4 is 19.5 Å². The Kier molecular flexibility index (Phi) is 7.50. The minimum atomic E-state index is -0.250. The maximum atomic E-state index is 12.2. The summed E-state index contributed by atoms with van der Waals surface area (Å²) in [6.45, 7) is 1.84. The third-order valence-electron chi connectivity index (χ3n) is 4.66. The van der Waals surface area contributed by atoms with E-state index in [1.165, 1.54) is 0 Å². The molecule has 0 aliphatic rings.